The molecule has 0 aliphatic heterocycles. The number of hydrogen-bond acceptors (Lipinski definition) is 4. The average molecular weight is 538 g/mol. The number of nitrogens with zero attached hydrogens (tertiary/aromatic N) is 1. The number of alkyl halides is 3. The normalized spacial score (nSPS) is 15.6. The Hall–Kier alpha value is -3.21. The maximum Gasteiger partial charge on any atom is 0.418 e. The van der Waals surface area contributed by atoms with E-state index in [1.54, 1.807) is 24.3 Å². The van der Waals surface area contributed by atoms with Crippen molar-refractivity contribution in [1.82, 2.24) is 5.32 Å². The van der Waals surface area contributed by atoms with Crippen LogP contribution in [-0.4, -0.2) is 45.5 Å². The lowest BCUT2D eigenvalue weighted by Gasteiger charge is -2.31. The second kappa shape index (κ2) is 12.4. The summed E-state index contributed by atoms with van der Waals surface area (Å²) in [6.45, 7) is 3.21. The highest BCUT2D eigenvalue weighted by Gasteiger charge is 2.39. The molecule has 1 fully saturated rings. The third kappa shape index (κ3) is 7.88. The fourth-order valence-corrected chi connectivity index (χ4v) is 5.11. The van der Waals surface area contributed by atoms with E-state index in [9.17, 15) is 31.8 Å². The van der Waals surface area contributed by atoms with Gasteiger partial charge in [-0.3, -0.25) is 23.5 Å². The number of benzene rings is 2. The van der Waals surface area contributed by atoms with Crippen LogP contribution in [0, 0.1) is 6.92 Å². The first-order valence-corrected chi connectivity index (χ1v) is 13.4. The van der Waals surface area contributed by atoms with E-state index in [1.807, 2.05) is 6.92 Å². The smallest absolute Gasteiger partial charge is 0.352 e. The van der Waals surface area contributed by atoms with Crippen molar-refractivity contribution in [3.05, 3.63) is 59.7 Å². The molecule has 0 unspecified atom stereocenters. The molecule has 2 N–H and O–H groups in total. The van der Waals surface area contributed by atoms with Gasteiger partial charge in [0.05, 0.1) is 11.3 Å². The highest BCUT2D eigenvalue weighted by molar-refractivity contribution is 7.86. The summed E-state index contributed by atoms with van der Waals surface area (Å²) in [6, 6.07) is 9.94. The Bertz CT molecular complexity index is 1150. The lowest BCUT2D eigenvalue weighted by Crippen LogP contribution is -2.52. The molecule has 2 atom stereocenters. The van der Waals surface area contributed by atoms with E-state index in [1.165, 1.54) is 19.1 Å². The van der Waals surface area contributed by atoms with E-state index in [4.69, 9.17) is 0 Å². The molecule has 1 aliphatic carbocycles. The van der Waals surface area contributed by atoms with Crippen LogP contribution in [0.5, 0.6) is 0 Å². The summed E-state index contributed by atoms with van der Waals surface area (Å²) in [6.07, 6.45) is -1.41. The minimum atomic E-state index is -4.79. The topological polar surface area (TPSA) is 95.6 Å². The Morgan fingerprint density at radius 3 is 2.27 bits per heavy atom. The number of aryl methyl sites for hydroxylation is 1. The zero-order valence-electron chi connectivity index (χ0n) is 20.6. The highest BCUT2D eigenvalue weighted by Crippen LogP contribution is 2.37. The average Bonchev–Trinajstić information content (AvgIpc) is 3.33. The molecule has 7 nitrogen and oxygen atoms in total. The first kappa shape index (κ1) is 28.4. The zero-order chi connectivity index (χ0) is 27.2. The minimum Gasteiger partial charge on any atom is -0.352 e. The molecule has 0 spiro atoms. The molecule has 11 heteroatoms. The van der Waals surface area contributed by atoms with Crippen molar-refractivity contribution in [1.29, 1.82) is 0 Å². The van der Waals surface area contributed by atoms with E-state index in [-0.39, 0.29) is 6.04 Å². The first-order chi connectivity index (χ1) is 17.5. The Morgan fingerprint density at radius 1 is 1.03 bits per heavy atom. The molecule has 0 saturated heterocycles. The van der Waals surface area contributed by atoms with Gasteiger partial charge in [0, 0.05) is 22.5 Å². The van der Waals surface area contributed by atoms with Crippen LogP contribution in [0.3, 0.4) is 0 Å². The number of anilines is 2. The van der Waals surface area contributed by atoms with Gasteiger partial charge >= 0.3 is 6.18 Å². The Balaban J connectivity index is 1.78. The monoisotopic (exact) mass is 537 g/mol. The lowest BCUT2D eigenvalue weighted by atomic mass is 10.1. The number of carbonyl (C=O) groups is 3. The van der Waals surface area contributed by atoms with Crippen LogP contribution in [0.15, 0.2) is 48.5 Å². The number of nitrogens with one attached hydrogen (secondary N) is 2. The third-order valence-corrected chi connectivity index (χ3v) is 7.27. The lowest BCUT2D eigenvalue weighted by molar-refractivity contribution is -0.137. The van der Waals surface area contributed by atoms with E-state index in [0.29, 0.717) is 5.69 Å². The summed E-state index contributed by atoms with van der Waals surface area (Å²) in [5.74, 6) is -3.41. The molecule has 1 saturated carbocycles. The number of rotatable bonds is 9. The third-order valence-electron chi connectivity index (χ3n) is 6.12. The first-order valence-electron chi connectivity index (χ1n) is 12.0. The number of hydrogen-bond donors (Lipinski definition) is 2. The van der Waals surface area contributed by atoms with Gasteiger partial charge in [-0.25, -0.2) is 0 Å². The summed E-state index contributed by atoms with van der Waals surface area (Å²) in [5.41, 5.74) is -0.128. The van der Waals surface area contributed by atoms with Crippen molar-refractivity contribution in [2.45, 2.75) is 57.8 Å². The van der Waals surface area contributed by atoms with Crippen molar-refractivity contribution in [2.75, 3.05) is 21.7 Å². The molecule has 3 rings (SSSR count). The van der Waals surface area contributed by atoms with Crippen LogP contribution in [0.4, 0.5) is 24.5 Å². The van der Waals surface area contributed by atoms with Crippen molar-refractivity contribution in [3.8, 4) is 0 Å². The van der Waals surface area contributed by atoms with Crippen molar-refractivity contribution in [2.24, 2.45) is 0 Å². The second-order valence-corrected chi connectivity index (χ2v) is 10.5. The summed E-state index contributed by atoms with van der Waals surface area (Å²) in [7, 11) is -2.03. The summed E-state index contributed by atoms with van der Waals surface area (Å²) in [5, 5.41) is 5.38. The molecule has 0 bridgehead atoms. The number of para-hydroxylation sites is 1. The Morgan fingerprint density at radius 2 is 1.65 bits per heavy atom. The predicted molar refractivity (Wildman–Crippen MR) is 136 cm³/mol. The van der Waals surface area contributed by atoms with Gasteiger partial charge < -0.3 is 10.6 Å². The number of amides is 3. The fourth-order valence-electron chi connectivity index (χ4n) is 4.23. The van der Waals surface area contributed by atoms with Gasteiger partial charge in [0.15, 0.2) is 0 Å². The van der Waals surface area contributed by atoms with E-state index in [0.717, 1.165) is 48.3 Å². The van der Waals surface area contributed by atoms with Gasteiger partial charge in [-0.2, -0.15) is 13.2 Å². The SMILES string of the molecule is Cc1ccc(NC(=O)C[S@@](=O)CC(=O)N(c2ccccc2C(F)(F)F)[C@@H](C)C(=O)NC2CCCC2)cc1. The molecule has 37 heavy (non-hydrogen) atoms. The van der Waals surface area contributed by atoms with Crippen LogP contribution in [0.1, 0.15) is 43.7 Å². The van der Waals surface area contributed by atoms with Gasteiger partial charge in [0.25, 0.3) is 0 Å². The van der Waals surface area contributed by atoms with Crippen LogP contribution < -0.4 is 15.5 Å². The van der Waals surface area contributed by atoms with E-state index < -0.39 is 63.5 Å². The van der Waals surface area contributed by atoms with E-state index >= 15 is 0 Å². The number of carbonyl (C=O) groups excluding carboxylic acids is 3. The van der Waals surface area contributed by atoms with Gasteiger partial charge in [0.2, 0.25) is 17.7 Å². The maximum absolute atomic E-state index is 13.8. The standard InChI is InChI=1S/C26H30F3N3O4S/c1-17-11-13-20(14-12-17)30-23(33)15-37(36)16-24(34)32(18(2)25(35)31-19-7-3-4-8-19)22-10-6-5-9-21(22)26(27,28)29/h5-6,9-14,18-19H,3-4,7-8,15-16H2,1-2H3,(H,30,33)(H,31,35)/t18-,37+/m0/s1. The molecule has 3 amide bonds. The van der Waals surface area contributed by atoms with Crippen molar-refractivity contribution in [3.63, 3.8) is 0 Å². The molecule has 0 aromatic heterocycles. The fraction of sp³-hybridized carbons (Fsp3) is 0.423. The van der Waals surface area contributed by atoms with Gasteiger partial charge in [-0.1, -0.05) is 42.7 Å². The molecule has 1 aliphatic rings. The van der Waals surface area contributed by atoms with Crippen molar-refractivity contribution < 1.29 is 31.8 Å². The van der Waals surface area contributed by atoms with Gasteiger partial charge in [-0.15, -0.1) is 0 Å². The molecule has 200 valence electrons. The van der Waals surface area contributed by atoms with Crippen molar-refractivity contribution >= 4 is 39.9 Å². The molecule has 2 aromatic carbocycles. The van der Waals surface area contributed by atoms with Gasteiger partial charge in [0.1, 0.15) is 17.5 Å². The summed E-state index contributed by atoms with van der Waals surface area (Å²) >= 11 is 0. The Kier molecular flexibility index (Phi) is 9.47. The summed E-state index contributed by atoms with van der Waals surface area (Å²) in [4.78, 5) is 39.2. The van der Waals surface area contributed by atoms with Crippen LogP contribution in [-0.2, 0) is 31.4 Å². The van der Waals surface area contributed by atoms with Crippen LogP contribution in [0.25, 0.3) is 0 Å². The quantitative estimate of drug-likeness (QED) is 0.502. The molecule has 0 radical (unpaired) electrons. The van der Waals surface area contributed by atoms with Crippen LogP contribution in [0.2, 0.25) is 0 Å². The van der Waals surface area contributed by atoms with E-state index in [2.05, 4.69) is 10.6 Å². The molecular weight excluding hydrogens is 507 g/mol. The maximum atomic E-state index is 13.8. The van der Waals surface area contributed by atoms with Crippen LogP contribution >= 0.6 is 0 Å². The number of halogens is 3. The Labute approximate surface area is 216 Å². The molecular formula is C26H30F3N3O4S. The molecule has 0 heterocycles. The molecule has 2 aromatic rings. The largest absolute Gasteiger partial charge is 0.418 e. The summed E-state index contributed by atoms with van der Waals surface area (Å²) < 4.78 is 54.0. The highest BCUT2D eigenvalue weighted by atomic mass is 32.2. The van der Waals surface area contributed by atoms with Gasteiger partial charge in [-0.05, 0) is 51.0 Å². The minimum absolute atomic E-state index is 0.107. The predicted octanol–water partition coefficient (Wildman–Crippen LogP) is 4.18. The zero-order valence-corrected chi connectivity index (χ0v) is 21.5. The second-order valence-electron chi connectivity index (χ2n) is 9.09.